The largest absolute Gasteiger partial charge is 0.396 e. The molecule has 0 radical (unpaired) electrons. The van der Waals surface area contributed by atoms with E-state index in [4.69, 9.17) is 21.7 Å². The van der Waals surface area contributed by atoms with Crippen LogP contribution in [-0.4, -0.2) is 35.2 Å². The second-order valence-electron chi connectivity index (χ2n) is 4.83. The van der Waals surface area contributed by atoms with Crippen LogP contribution in [-0.2, 0) is 9.59 Å². The van der Waals surface area contributed by atoms with Crippen molar-refractivity contribution in [3.8, 4) is 0 Å². The van der Waals surface area contributed by atoms with Crippen molar-refractivity contribution in [1.29, 1.82) is 0 Å². The summed E-state index contributed by atoms with van der Waals surface area (Å²) in [5, 5.41) is 17.0. The topological polar surface area (TPSA) is 127 Å². The molecule has 0 aromatic rings. The summed E-state index contributed by atoms with van der Waals surface area (Å²) in [7, 11) is 0. The Labute approximate surface area is 121 Å². The van der Waals surface area contributed by atoms with Gasteiger partial charge in [0, 0.05) is 25.6 Å². The minimum absolute atomic E-state index is 0.0489. The van der Waals surface area contributed by atoms with Crippen molar-refractivity contribution in [2.24, 2.45) is 23.3 Å². The molecule has 2 unspecified atom stereocenters. The fourth-order valence-corrected chi connectivity index (χ4v) is 1.80. The van der Waals surface area contributed by atoms with Crippen LogP contribution in [0.15, 0.2) is 0 Å². The molecule has 6 heteroatoms. The molecule has 6 N–H and O–H groups in total. The first-order valence-electron chi connectivity index (χ1n) is 7.22. The highest BCUT2D eigenvalue weighted by atomic mass is 16.3. The van der Waals surface area contributed by atoms with Crippen LogP contribution in [0.1, 0.15) is 52.4 Å². The second-order valence-corrected chi connectivity index (χ2v) is 4.83. The first kappa shape index (κ1) is 21.2. The number of nitrogens with two attached hydrogens (primary N) is 2. The second kappa shape index (κ2) is 14.3. The molecule has 2 amide bonds. The van der Waals surface area contributed by atoms with Gasteiger partial charge in [0.25, 0.3) is 0 Å². The summed E-state index contributed by atoms with van der Waals surface area (Å²) in [6.45, 7) is 4.20. The number of carbonyl (C=O) groups excluding carboxylic acids is 2. The number of aliphatic hydroxyl groups is 2. The van der Waals surface area contributed by atoms with Crippen molar-refractivity contribution in [2.45, 2.75) is 52.4 Å². The van der Waals surface area contributed by atoms with Crippen LogP contribution in [0.5, 0.6) is 0 Å². The summed E-state index contributed by atoms with van der Waals surface area (Å²) >= 11 is 0. The van der Waals surface area contributed by atoms with Crippen molar-refractivity contribution in [3.63, 3.8) is 0 Å². The maximum absolute atomic E-state index is 10.6. The van der Waals surface area contributed by atoms with Gasteiger partial charge in [0.1, 0.15) is 0 Å². The smallest absolute Gasteiger partial charge is 0.220 e. The Morgan fingerprint density at radius 2 is 1.60 bits per heavy atom. The van der Waals surface area contributed by atoms with Crippen LogP contribution in [0.25, 0.3) is 0 Å². The van der Waals surface area contributed by atoms with Gasteiger partial charge in [0.05, 0.1) is 0 Å². The predicted octanol–water partition coefficient (Wildman–Crippen LogP) is 0.541. The fraction of sp³-hybridized carbons (Fsp3) is 0.857. The summed E-state index contributed by atoms with van der Waals surface area (Å²) in [5.74, 6) is -0.314. The van der Waals surface area contributed by atoms with E-state index in [1.54, 1.807) is 0 Å². The van der Waals surface area contributed by atoms with Crippen LogP contribution in [0.3, 0.4) is 0 Å². The number of hydrogen-bond acceptors (Lipinski definition) is 4. The molecule has 0 aromatic heterocycles. The lowest BCUT2D eigenvalue weighted by Crippen LogP contribution is -2.22. The fourth-order valence-electron chi connectivity index (χ4n) is 1.80. The average Bonchev–Trinajstić information content (AvgIpc) is 2.39. The third kappa shape index (κ3) is 13.3. The number of rotatable bonds is 10. The molecule has 0 rings (SSSR count). The van der Waals surface area contributed by atoms with Crippen molar-refractivity contribution in [2.75, 3.05) is 13.2 Å². The summed E-state index contributed by atoms with van der Waals surface area (Å²) in [6, 6.07) is 0. The van der Waals surface area contributed by atoms with Crippen LogP contribution in [0.4, 0.5) is 0 Å². The van der Waals surface area contributed by atoms with E-state index in [1.165, 1.54) is 0 Å². The van der Waals surface area contributed by atoms with Gasteiger partial charge in [-0.25, -0.2) is 0 Å². The molecular weight excluding hydrogens is 260 g/mol. The Kier molecular flexibility index (Phi) is 15.1. The molecule has 0 saturated carbocycles. The van der Waals surface area contributed by atoms with Gasteiger partial charge in [0.15, 0.2) is 0 Å². The Balaban J connectivity index is 0. The van der Waals surface area contributed by atoms with E-state index in [2.05, 4.69) is 0 Å². The van der Waals surface area contributed by atoms with Gasteiger partial charge in [-0.1, -0.05) is 20.3 Å². The molecule has 6 nitrogen and oxygen atoms in total. The summed E-state index contributed by atoms with van der Waals surface area (Å²) < 4.78 is 0. The SMILES string of the molecule is CCC(CCCO)C(N)=O.CCC(CCO)CC(N)=O. The quantitative estimate of drug-likeness (QED) is 0.468. The Hall–Kier alpha value is -1.14. The van der Waals surface area contributed by atoms with E-state index in [0.717, 1.165) is 12.8 Å². The van der Waals surface area contributed by atoms with Gasteiger partial charge < -0.3 is 21.7 Å². The molecule has 0 aliphatic carbocycles. The maximum atomic E-state index is 10.6. The molecule has 0 aliphatic rings. The average molecular weight is 290 g/mol. The third-order valence-corrected chi connectivity index (χ3v) is 3.21. The highest BCUT2D eigenvalue weighted by Gasteiger charge is 2.11. The summed E-state index contributed by atoms with van der Waals surface area (Å²) in [6.07, 6.45) is 4.14. The first-order valence-corrected chi connectivity index (χ1v) is 7.22. The maximum Gasteiger partial charge on any atom is 0.220 e. The summed E-state index contributed by atoms with van der Waals surface area (Å²) in [5.41, 5.74) is 10.0. The van der Waals surface area contributed by atoms with Crippen molar-refractivity contribution < 1.29 is 19.8 Å². The molecular formula is C14H30N2O4. The van der Waals surface area contributed by atoms with E-state index < -0.39 is 0 Å². The van der Waals surface area contributed by atoms with Crippen LogP contribution < -0.4 is 11.5 Å². The minimum Gasteiger partial charge on any atom is -0.396 e. The Morgan fingerprint density at radius 3 is 1.90 bits per heavy atom. The van der Waals surface area contributed by atoms with Gasteiger partial charge in [0.2, 0.25) is 11.8 Å². The van der Waals surface area contributed by atoms with Crippen molar-refractivity contribution in [1.82, 2.24) is 0 Å². The van der Waals surface area contributed by atoms with Crippen LogP contribution >= 0.6 is 0 Å². The number of aliphatic hydroxyl groups excluding tert-OH is 2. The zero-order valence-corrected chi connectivity index (χ0v) is 12.7. The van der Waals surface area contributed by atoms with Crippen molar-refractivity contribution in [3.05, 3.63) is 0 Å². The van der Waals surface area contributed by atoms with E-state index in [9.17, 15) is 9.59 Å². The predicted molar refractivity (Wildman–Crippen MR) is 78.6 cm³/mol. The molecule has 0 saturated heterocycles. The summed E-state index contributed by atoms with van der Waals surface area (Å²) in [4.78, 5) is 21.0. The normalized spacial score (nSPS) is 13.0. The molecule has 0 fully saturated rings. The van der Waals surface area contributed by atoms with E-state index in [-0.39, 0.29) is 36.9 Å². The minimum atomic E-state index is -0.277. The molecule has 20 heavy (non-hydrogen) atoms. The molecule has 0 spiro atoms. The molecule has 0 aliphatic heterocycles. The van der Waals surface area contributed by atoms with E-state index in [1.807, 2.05) is 13.8 Å². The van der Waals surface area contributed by atoms with E-state index >= 15 is 0 Å². The van der Waals surface area contributed by atoms with E-state index in [0.29, 0.717) is 25.7 Å². The highest BCUT2D eigenvalue weighted by Crippen LogP contribution is 2.11. The van der Waals surface area contributed by atoms with Gasteiger partial charge in [-0.15, -0.1) is 0 Å². The lowest BCUT2D eigenvalue weighted by atomic mass is 9.99. The number of hydrogen-bond donors (Lipinski definition) is 4. The third-order valence-electron chi connectivity index (χ3n) is 3.21. The van der Waals surface area contributed by atoms with Crippen LogP contribution in [0.2, 0.25) is 0 Å². The highest BCUT2D eigenvalue weighted by molar-refractivity contribution is 5.76. The standard InChI is InChI=1S/2C7H15NO2/c1-2-6(3-4-9)5-7(8)10;1-2-6(7(8)10)4-3-5-9/h2*6,9H,2-5H2,1H3,(H2,8,10). The monoisotopic (exact) mass is 290 g/mol. The number of primary amides is 2. The van der Waals surface area contributed by atoms with Crippen molar-refractivity contribution >= 4 is 11.8 Å². The Bertz CT molecular complexity index is 260. The Morgan fingerprint density at radius 1 is 1.00 bits per heavy atom. The lowest BCUT2D eigenvalue weighted by molar-refractivity contribution is -0.122. The van der Waals surface area contributed by atoms with Gasteiger partial charge >= 0.3 is 0 Å². The molecule has 2 atom stereocenters. The number of amides is 2. The zero-order chi connectivity index (χ0) is 16.0. The molecule has 0 aromatic carbocycles. The molecule has 0 heterocycles. The number of carbonyl (C=O) groups is 2. The van der Waals surface area contributed by atoms with Gasteiger partial charge in [-0.05, 0) is 31.6 Å². The molecule has 120 valence electrons. The first-order chi connectivity index (χ1) is 9.42. The van der Waals surface area contributed by atoms with Gasteiger partial charge in [-0.3, -0.25) is 9.59 Å². The van der Waals surface area contributed by atoms with Crippen LogP contribution in [0, 0.1) is 11.8 Å². The zero-order valence-electron chi connectivity index (χ0n) is 12.7. The lowest BCUT2D eigenvalue weighted by Gasteiger charge is -2.09. The van der Waals surface area contributed by atoms with Gasteiger partial charge in [-0.2, -0.15) is 0 Å². The molecule has 0 bridgehead atoms.